The summed E-state index contributed by atoms with van der Waals surface area (Å²) in [6.45, 7) is 2.05. The van der Waals surface area contributed by atoms with Crippen LogP contribution in [0, 0.1) is 11.3 Å². The number of hydrogen-bond acceptors (Lipinski definition) is 3. The number of nitrogens with two attached hydrogens (primary N) is 1. The van der Waals surface area contributed by atoms with E-state index in [1.54, 1.807) is 12.1 Å². The van der Waals surface area contributed by atoms with Crippen LogP contribution in [0.4, 0.5) is 0 Å². The van der Waals surface area contributed by atoms with Crippen LogP contribution in [-0.4, -0.2) is 5.11 Å². The third kappa shape index (κ3) is 2.24. The van der Waals surface area contributed by atoms with Crippen LogP contribution in [0.2, 0.25) is 0 Å². The molecule has 1 rings (SSSR count). The van der Waals surface area contributed by atoms with Crippen LogP contribution in [-0.2, 0) is 0 Å². The zero-order valence-corrected chi connectivity index (χ0v) is 8.20. The van der Waals surface area contributed by atoms with Gasteiger partial charge in [-0.2, -0.15) is 5.26 Å². The number of benzene rings is 1. The monoisotopic (exact) mass is 190 g/mol. The molecule has 0 saturated carbocycles. The Kier molecular flexibility index (Phi) is 3.49. The normalized spacial score (nSPS) is 12.1. The molecule has 3 heteroatoms. The minimum absolute atomic E-state index is 0.106. The highest BCUT2D eigenvalue weighted by molar-refractivity contribution is 5.44. The van der Waals surface area contributed by atoms with Crippen molar-refractivity contribution in [2.75, 3.05) is 0 Å². The molecule has 0 bridgehead atoms. The van der Waals surface area contributed by atoms with E-state index in [4.69, 9.17) is 11.0 Å². The van der Waals surface area contributed by atoms with Crippen molar-refractivity contribution < 1.29 is 5.11 Å². The number of rotatable bonds is 3. The van der Waals surface area contributed by atoms with E-state index in [2.05, 4.69) is 0 Å². The van der Waals surface area contributed by atoms with E-state index in [9.17, 15) is 5.11 Å². The summed E-state index contributed by atoms with van der Waals surface area (Å²) in [5, 5.41) is 18.0. The van der Waals surface area contributed by atoms with Crippen LogP contribution >= 0.6 is 0 Å². The lowest BCUT2D eigenvalue weighted by molar-refractivity contribution is 0.474. The summed E-state index contributed by atoms with van der Waals surface area (Å²) < 4.78 is 0. The number of hydrogen-bond donors (Lipinski definition) is 2. The van der Waals surface area contributed by atoms with Crippen molar-refractivity contribution in [3.63, 3.8) is 0 Å². The largest absolute Gasteiger partial charge is 0.508 e. The molecule has 0 radical (unpaired) electrons. The standard InChI is InChI=1S/C11H14N2O/c1-2-3-11(13)10-5-4-9(14)6-8(10)7-12/h4-6,11,14H,2-3,13H2,1H3. The average molecular weight is 190 g/mol. The lowest BCUT2D eigenvalue weighted by atomic mass is 9.98. The van der Waals surface area contributed by atoms with Crippen LogP contribution in [0.3, 0.4) is 0 Å². The number of nitriles is 1. The minimum Gasteiger partial charge on any atom is -0.508 e. The van der Waals surface area contributed by atoms with E-state index < -0.39 is 0 Å². The molecular formula is C11H14N2O. The van der Waals surface area contributed by atoms with E-state index in [0.717, 1.165) is 18.4 Å². The van der Waals surface area contributed by atoms with Crippen molar-refractivity contribution in [1.82, 2.24) is 0 Å². The quantitative estimate of drug-likeness (QED) is 0.766. The van der Waals surface area contributed by atoms with Gasteiger partial charge in [0.05, 0.1) is 11.6 Å². The Morgan fingerprint density at radius 3 is 2.86 bits per heavy atom. The Bertz CT molecular complexity index is 355. The first kappa shape index (κ1) is 10.6. The van der Waals surface area contributed by atoms with Gasteiger partial charge in [0.1, 0.15) is 5.75 Å². The Morgan fingerprint density at radius 1 is 1.57 bits per heavy atom. The molecule has 1 atom stereocenters. The lowest BCUT2D eigenvalue weighted by Gasteiger charge is -2.12. The third-order valence-electron chi connectivity index (χ3n) is 2.16. The Morgan fingerprint density at radius 2 is 2.29 bits per heavy atom. The van der Waals surface area contributed by atoms with Gasteiger partial charge in [-0.3, -0.25) is 0 Å². The summed E-state index contributed by atoms with van der Waals surface area (Å²) in [6.07, 6.45) is 1.83. The maximum atomic E-state index is 9.19. The van der Waals surface area contributed by atoms with Gasteiger partial charge in [0.15, 0.2) is 0 Å². The Balaban J connectivity index is 3.03. The van der Waals surface area contributed by atoms with Gasteiger partial charge in [-0.1, -0.05) is 19.4 Å². The first-order chi connectivity index (χ1) is 6.69. The Hall–Kier alpha value is -1.53. The van der Waals surface area contributed by atoms with Crippen molar-refractivity contribution in [3.05, 3.63) is 29.3 Å². The molecule has 3 nitrogen and oxygen atoms in total. The molecule has 1 aromatic carbocycles. The maximum absolute atomic E-state index is 9.19. The van der Waals surface area contributed by atoms with Gasteiger partial charge in [-0.15, -0.1) is 0 Å². The summed E-state index contributed by atoms with van der Waals surface area (Å²) in [4.78, 5) is 0. The van der Waals surface area contributed by atoms with Crippen molar-refractivity contribution in [3.8, 4) is 11.8 Å². The Labute approximate surface area is 83.8 Å². The molecule has 1 aromatic rings. The number of aromatic hydroxyl groups is 1. The first-order valence-electron chi connectivity index (χ1n) is 4.67. The van der Waals surface area contributed by atoms with Gasteiger partial charge < -0.3 is 10.8 Å². The molecule has 74 valence electrons. The molecule has 3 N–H and O–H groups in total. The van der Waals surface area contributed by atoms with E-state index >= 15 is 0 Å². The van der Waals surface area contributed by atoms with Crippen molar-refractivity contribution >= 4 is 0 Å². The van der Waals surface area contributed by atoms with E-state index in [-0.39, 0.29) is 11.8 Å². The molecule has 0 aliphatic rings. The molecule has 0 saturated heterocycles. The highest BCUT2D eigenvalue weighted by Gasteiger charge is 2.10. The van der Waals surface area contributed by atoms with Crippen LogP contribution < -0.4 is 5.73 Å². The molecule has 1 unspecified atom stereocenters. The second-order valence-electron chi connectivity index (χ2n) is 3.28. The van der Waals surface area contributed by atoms with Gasteiger partial charge in [0.2, 0.25) is 0 Å². The molecule has 0 aliphatic heterocycles. The second-order valence-corrected chi connectivity index (χ2v) is 3.28. The predicted molar refractivity (Wildman–Crippen MR) is 54.7 cm³/mol. The summed E-state index contributed by atoms with van der Waals surface area (Å²) in [5.74, 6) is 0.106. The van der Waals surface area contributed by atoms with Crippen LogP contribution in [0.15, 0.2) is 18.2 Å². The predicted octanol–water partition coefficient (Wildman–Crippen LogP) is 2.06. The van der Waals surface area contributed by atoms with E-state index in [1.165, 1.54) is 6.07 Å². The number of nitrogens with zero attached hydrogens (tertiary/aromatic N) is 1. The lowest BCUT2D eigenvalue weighted by Crippen LogP contribution is -2.11. The summed E-state index contributed by atoms with van der Waals surface area (Å²) >= 11 is 0. The minimum atomic E-state index is -0.116. The fourth-order valence-electron chi connectivity index (χ4n) is 1.43. The zero-order valence-electron chi connectivity index (χ0n) is 8.20. The summed E-state index contributed by atoms with van der Waals surface area (Å²) in [5.41, 5.74) is 7.18. The number of phenols is 1. The SMILES string of the molecule is CCCC(N)c1ccc(O)cc1C#N. The van der Waals surface area contributed by atoms with Gasteiger partial charge in [-0.05, 0) is 24.1 Å². The molecular weight excluding hydrogens is 176 g/mol. The topological polar surface area (TPSA) is 70.0 Å². The van der Waals surface area contributed by atoms with Crippen LogP contribution in [0.25, 0.3) is 0 Å². The third-order valence-corrected chi connectivity index (χ3v) is 2.16. The van der Waals surface area contributed by atoms with Crippen molar-refractivity contribution in [1.29, 1.82) is 5.26 Å². The van der Waals surface area contributed by atoms with Crippen molar-refractivity contribution in [2.45, 2.75) is 25.8 Å². The smallest absolute Gasteiger partial charge is 0.116 e. The second kappa shape index (κ2) is 4.64. The fourth-order valence-corrected chi connectivity index (χ4v) is 1.43. The maximum Gasteiger partial charge on any atom is 0.116 e. The van der Waals surface area contributed by atoms with Gasteiger partial charge >= 0.3 is 0 Å². The van der Waals surface area contributed by atoms with Crippen LogP contribution in [0.5, 0.6) is 5.75 Å². The average Bonchev–Trinajstić information content (AvgIpc) is 2.17. The first-order valence-corrected chi connectivity index (χ1v) is 4.67. The molecule has 0 fully saturated rings. The van der Waals surface area contributed by atoms with E-state index in [0.29, 0.717) is 5.56 Å². The molecule has 0 aliphatic carbocycles. The zero-order chi connectivity index (χ0) is 10.6. The highest BCUT2D eigenvalue weighted by Crippen LogP contribution is 2.23. The van der Waals surface area contributed by atoms with E-state index in [1.807, 2.05) is 13.0 Å². The molecule has 0 aromatic heterocycles. The molecule has 0 amide bonds. The fraction of sp³-hybridized carbons (Fsp3) is 0.364. The molecule has 0 spiro atoms. The van der Waals surface area contributed by atoms with Crippen LogP contribution in [0.1, 0.15) is 36.9 Å². The summed E-state index contributed by atoms with van der Waals surface area (Å²) in [7, 11) is 0. The number of phenolic OH excluding ortho intramolecular Hbond substituents is 1. The summed E-state index contributed by atoms with van der Waals surface area (Å²) in [6, 6.07) is 6.65. The van der Waals surface area contributed by atoms with Gasteiger partial charge in [0, 0.05) is 6.04 Å². The molecule has 14 heavy (non-hydrogen) atoms. The van der Waals surface area contributed by atoms with Gasteiger partial charge in [-0.25, -0.2) is 0 Å². The highest BCUT2D eigenvalue weighted by atomic mass is 16.3. The molecule has 0 heterocycles. The van der Waals surface area contributed by atoms with Crippen molar-refractivity contribution in [2.24, 2.45) is 5.73 Å². The van der Waals surface area contributed by atoms with Gasteiger partial charge in [0.25, 0.3) is 0 Å².